The van der Waals surface area contributed by atoms with Gasteiger partial charge in [-0.3, -0.25) is 0 Å². The van der Waals surface area contributed by atoms with Crippen LogP contribution in [0.3, 0.4) is 0 Å². The van der Waals surface area contributed by atoms with Crippen LogP contribution in [-0.4, -0.2) is 41.9 Å². The predicted octanol–water partition coefficient (Wildman–Crippen LogP) is 6.45. The Bertz CT molecular complexity index is 569. The molecule has 3 N–H and O–H groups in total. The summed E-state index contributed by atoms with van der Waals surface area (Å²) in [6, 6.07) is 0.764. The van der Waals surface area contributed by atoms with E-state index in [1.54, 1.807) is 20.8 Å². The largest absolute Gasteiger partial charge is 0.480 e. The van der Waals surface area contributed by atoms with Crippen LogP contribution < -0.4 is 10.6 Å². The number of carbonyl (C=O) groups is 2. The van der Waals surface area contributed by atoms with Crippen LogP contribution in [0.25, 0.3) is 0 Å². The molecule has 1 atom stereocenters. The van der Waals surface area contributed by atoms with Crippen LogP contribution >= 0.6 is 0 Å². The van der Waals surface area contributed by atoms with Crippen molar-refractivity contribution in [3.63, 3.8) is 0 Å². The Kier molecular flexibility index (Phi) is 13.1. The van der Waals surface area contributed by atoms with Crippen LogP contribution in [0, 0.1) is 10.8 Å². The van der Waals surface area contributed by atoms with Gasteiger partial charge in [0.1, 0.15) is 6.04 Å². The van der Waals surface area contributed by atoms with Crippen LogP contribution in [-0.2, 0) is 9.53 Å². The molecule has 192 valence electrons. The van der Waals surface area contributed by atoms with E-state index in [-0.39, 0.29) is 12.0 Å². The highest BCUT2D eigenvalue weighted by Crippen LogP contribution is 2.24. The normalized spacial score (nSPS) is 19.1. The van der Waals surface area contributed by atoms with E-state index >= 15 is 0 Å². The summed E-state index contributed by atoms with van der Waals surface area (Å²) >= 11 is 0. The molecule has 0 aromatic heterocycles. The summed E-state index contributed by atoms with van der Waals surface area (Å²) in [5.74, 6) is -1.07. The summed E-state index contributed by atoms with van der Waals surface area (Å²) in [7, 11) is 0. The monoisotopic (exact) mass is 466 g/mol. The second kappa shape index (κ2) is 14.6. The van der Waals surface area contributed by atoms with Crippen molar-refractivity contribution in [1.29, 1.82) is 0 Å². The van der Waals surface area contributed by atoms with Gasteiger partial charge in [-0.15, -0.1) is 6.58 Å². The SMILES string of the molecule is C1CCC(NC2CCCCC2)CC1.C=CCCC(C)(C)COC(=O)N[C@H](C(=O)O)C(C)(C)C. The van der Waals surface area contributed by atoms with Crippen molar-refractivity contribution in [2.45, 2.75) is 130 Å². The van der Waals surface area contributed by atoms with E-state index in [1.807, 2.05) is 19.9 Å². The molecular weight excluding hydrogens is 416 g/mol. The van der Waals surface area contributed by atoms with E-state index in [1.165, 1.54) is 64.2 Å². The number of hydrogen-bond acceptors (Lipinski definition) is 4. The third-order valence-corrected chi connectivity index (χ3v) is 6.68. The molecule has 6 heteroatoms. The Labute approximate surface area is 202 Å². The first-order valence-electron chi connectivity index (χ1n) is 13.0. The molecule has 0 spiro atoms. The molecule has 1 amide bonds. The summed E-state index contributed by atoms with van der Waals surface area (Å²) in [5.41, 5.74) is -0.741. The Balaban J connectivity index is 0.000000357. The topological polar surface area (TPSA) is 87.7 Å². The molecule has 33 heavy (non-hydrogen) atoms. The number of carbonyl (C=O) groups excluding carboxylic acids is 1. The molecule has 0 unspecified atom stereocenters. The third-order valence-electron chi connectivity index (χ3n) is 6.68. The number of aliphatic carboxylic acids is 1. The summed E-state index contributed by atoms with van der Waals surface area (Å²) in [5, 5.41) is 15.4. The summed E-state index contributed by atoms with van der Waals surface area (Å²) in [6.07, 6.45) is 17.4. The number of amides is 1. The van der Waals surface area contributed by atoms with E-state index in [0.717, 1.165) is 24.9 Å². The van der Waals surface area contributed by atoms with Crippen molar-refractivity contribution < 1.29 is 19.4 Å². The Morgan fingerprint density at radius 2 is 1.45 bits per heavy atom. The molecule has 0 aliphatic heterocycles. The molecular formula is C27H50N2O4. The van der Waals surface area contributed by atoms with Gasteiger partial charge in [-0.05, 0) is 49.4 Å². The van der Waals surface area contributed by atoms with E-state index in [0.29, 0.717) is 0 Å². The van der Waals surface area contributed by atoms with Crippen molar-refractivity contribution in [2.24, 2.45) is 10.8 Å². The van der Waals surface area contributed by atoms with E-state index in [4.69, 9.17) is 9.84 Å². The smallest absolute Gasteiger partial charge is 0.407 e. The zero-order chi connectivity index (χ0) is 24.9. The number of alkyl carbamates (subject to hydrolysis) is 1. The van der Waals surface area contributed by atoms with Gasteiger partial charge in [-0.2, -0.15) is 0 Å². The summed E-state index contributed by atoms with van der Waals surface area (Å²) in [6.45, 7) is 13.1. The number of allylic oxidation sites excluding steroid dienone is 1. The molecule has 2 fully saturated rings. The van der Waals surface area contributed by atoms with Crippen molar-refractivity contribution >= 4 is 12.1 Å². The lowest BCUT2D eigenvalue weighted by Gasteiger charge is -2.30. The Morgan fingerprint density at radius 1 is 0.970 bits per heavy atom. The lowest BCUT2D eigenvalue weighted by atomic mass is 9.87. The van der Waals surface area contributed by atoms with Crippen LogP contribution in [0.2, 0.25) is 0 Å². The summed E-state index contributed by atoms with van der Waals surface area (Å²) in [4.78, 5) is 22.9. The van der Waals surface area contributed by atoms with Crippen LogP contribution in [0.15, 0.2) is 12.7 Å². The first-order valence-corrected chi connectivity index (χ1v) is 13.0. The molecule has 0 aromatic rings. The molecule has 6 nitrogen and oxygen atoms in total. The van der Waals surface area contributed by atoms with Gasteiger partial charge in [0.25, 0.3) is 0 Å². The standard InChI is InChI=1S/C15H27NO4.C12H23N/c1-7-8-9-15(5,6)10-20-13(19)16-11(12(17)18)14(2,3)4;1-3-7-11(8-4-1)13-12-9-5-2-6-10-12/h7,11H,1,8-10H2,2-6H3,(H,16,19)(H,17,18);11-13H,1-10H2/t11-;/m1./s1. The molecule has 2 saturated carbocycles. The van der Waals surface area contributed by atoms with Crippen molar-refractivity contribution in [3.05, 3.63) is 12.7 Å². The maximum Gasteiger partial charge on any atom is 0.407 e. The first kappa shape index (κ1) is 29.5. The van der Waals surface area contributed by atoms with Crippen molar-refractivity contribution in [3.8, 4) is 0 Å². The highest BCUT2D eigenvalue weighted by Gasteiger charge is 2.33. The number of nitrogens with one attached hydrogen (secondary N) is 2. The average Bonchev–Trinajstić information content (AvgIpc) is 2.76. The van der Waals surface area contributed by atoms with Gasteiger partial charge in [0.05, 0.1) is 6.61 Å². The van der Waals surface area contributed by atoms with Gasteiger partial charge in [-0.1, -0.05) is 79.2 Å². The lowest BCUT2D eigenvalue weighted by Crippen LogP contribution is -2.49. The maximum absolute atomic E-state index is 11.7. The van der Waals surface area contributed by atoms with Gasteiger partial charge in [-0.25, -0.2) is 9.59 Å². The molecule has 0 bridgehead atoms. The molecule has 0 heterocycles. The van der Waals surface area contributed by atoms with E-state index in [9.17, 15) is 9.59 Å². The number of rotatable bonds is 9. The molecule has 2 rings (SSSR count). The third kappa shape index (κ3) is 13.0. The zero-order valence-corrected chi connectivity index (χ0v) is 21.9. The van der Waals surface area contributed by atoms with Gasteiger partial charge >= 0.3 is 12.1 Å². The lowest BCUT2D eigenvalue weighted by molar-refractivity contribution is -0.142. The predicted molar refractivity (Wildman–Crippen MR) is 135 cm³/mol. The average molecular weight is 467 g/mol. The van der Waals surface area contributed by atoms with Crippen LogP contribution in [0.5, 0.6) is 0 Å². The van der Waals surface area contributed by atoms with Gasteiger partial charge < -0.3 is 20.5 Å². The first-order chi connectivity index (χ1) is 15.4. The molecule has 2 aliphatic carbocycles. The van der Waals surface area contributed by atoms with E-state index < -0.39 is 23.5 Å². The Morgan fingerprint density at radius 3 is 1.85 bits per heavy atom. The highest BCUT2D eigenvalue weighted by atomic mass is 16.5. The number of carboxylic acids is 1. The minimum Gasteiger partial charge on any atom is -0.480 e. The van der Waals surface area contributed by atoms with Gasteiger partial charge in [0.15, 0.2) is 0 Å². The van der Waals surface area contributed by atoms with Gasteiger partial charge in [0, 0.05) is 12.1 Å². The fraction of sp³-hybridized carbons (Fsp3) is 0.852. The molecule has 0 aromatic carbocycles. The van der Waals surface area contributed by atoms with Crippen molar-refractivity contribution in [1.82, 2.24) is 10.6 Å². The Hall–Kier alpha value is -1.56. The molecule has 2 aliphatic rings. The van der Waals surface area contributed by atoms with Crippen molar-refractivity contribution in [2.75, 3.05) is 6.61 Å². The zero-order valence-electron chi connectivity index (χ0n) is 21.9. The highest BCUT2D eigenvalue weighted by molar-refractivity contribution is 5.80. The maximum atomic E-state index is 11.7. The number of ether oxygens (including phenoxy) is 1. The fourth-order valence-corrected chi connectivity index (χ4v) is 4.51. The second-order valence-electron chi connectivity index (χ2n) is 11.7. The minimum absolute atomic E-state index is 0.161. The quantitative estimate of drug-likeness (QED) is 0.340. The number of hydrogen-bond donors (Lipinski definition) is 3. The molecule has 0 saturated heterocycles. The van der Waals surface area contributed by atoms with E-state index in [2.05, 4.69) is 17.2 Å². The van der Waals surface area contributed by atoms with Crippen LogP contribution in [0.4, 0.5) is 4.79 Å². The van der Waals surface area contributed by atoms with Crippen LogP contribution in [0.1, 0.15) is 112 Å². The second-order valence-corrected chi connectivity index (χ2v) is 11.7. The minimum atomic E-state index is -1.07. The summed E-state index contributed by atoms with van der Waals surface area (Å²) < 4.78 is 5.13. The van der Waals surface area contributed by atoms with Gasteiger partial charge in [0.2, 0.25) is 0 Å². The number of carboxylic acid groups (broad SMARTS) is 1. The fourth-order valence-electron chi connectivity index (χ4n) is 4.51. The molecule has 0 radical (unpaired) electrons.